The predicted octanol–water partition coefficient (Wildman–Crippen LogP) is 3.03. The highest BCUT2D eigenvalue weighted by Crippen LogP contribution is 2.19. The minimum atomic E-state index is 0. The zero-order valence-electron chi connectivity index (χ0n) is 14.8. The number of nitrogens with zero attached hydrogens (tertiary/aromatic N) is 3. The molecule has 2 aromatic rings. The minimum absolute atomic E-state index is 0. The van der Waals surface area contributed by atoms with Crippen molar-refractivity contribution in [3.63, 3.8) is 0 Å². The Morgan fingerprint density at radius 3 is 2.72 bits per heavy atom. The molecule has 0 bridgehead atoms. The molecule has 0 amide bonds. The predicted molar refractivity (Wildman–Crippen MR) is 101 cm³/mol. The lowest BCUT2D eigenvalue weighted by Gasteiger charge is -2.30. The van der Waals surface area contributed by atoms with E-state index in [1.54, 1.807) is 0 Å². The van der Waals surface area contributed by atoms with Crippen LogP contribution in [0, 0.1) is 0 Å². The summed E-state index contributed by atoms with van der Waals surface area (Å²) in [4.78, 5) is 6.72. The number of ether oxygens (including phenoxy) is 1. The maximum atomic E-state index is 5.64. The SMILES string of the molecule is CC(C)Oc1ccc(/C=C/c2nc(C3CNCCN3C)no2)cc1.Cl. The molecular weight excluding hydrogens is 340 g/mol. The van der Waals surface area contributed by atoms with Gasteiger partial charge in [-0.05, 0) is 44.7 Å². The van der Waals surface area contributed by atoms with Crippen molar-refractivity contribution in [1.29, 1.82) is 0 Å². The Kier molecular flexibility index (Phi) is 6.99. The third-order valence-electron chi connectivity index (χ3n) is 3.94. The summed E-state index contributed by atoms with van der Waals surface area (Å²) in [7, 11) is 2.08. The van der Waals surface area contributed by atoms with Gasteiger partial charge in [0.2, 0.25) is 0 Å². The zero-order chi connectivity index (χ0) is 16.9. The highest BCUT2D eigenvalue weighted by atomic mass is 35.5. The number of aromatic nitrogens is 2. The van der Waals surface area contributed by atoms with Crippen LogP contribution in [0.4, 0.5) is 0 Å². The monoisotopic (exact) mass is 364 g/mol. The third kappa shape index (κ3) is 5.29. The maximum Gasteiger partial charge on any atom is 0.250 e. The molecule has 0 aliphatic carbocycles. The first kappa shape index (κ1) is 19.4. The molecule has 1 atom stereocenters. The molecule has 0 saturated carbocycles. The van der Waals surface area contributed by atoms with Gasteiger partial charge in [-0.2, -0.15) is 4.98 Å². The number of nitrogens with one attached hydrogen (secondary N) is 1. The highest BCUT2D eigenvalue weighted by molar-refractivity contribution is 5.85. The summed E-state index contributed by atoms with van der Waals surface area (Å²) >= 11 is 0. The summed E-state index contributed by atoms with van der Waals surface area (Å²) in [6.45, 7) is 6.85. The molecule has 7 heteroatoms. The Labute approximate surface area is 154 Å². The Morgan fingerprint density at radius 1 is 1.28 bits per heavy atom. The largest absolute Gasteiger partial charge is 0.491 e. The fourth-order valence-corrected chi connectivity index (χ4v) is 2.64. The van der Waals surface area contributed by atoms with E-state index in [0.717, 1.165) is 36.8 Å². The minimum Gasteiger partial charge on any atom is -0.491 e. The summed E-state index contributed by atoms with van der Waals surface area (Å²) in [5.41, 5.74) is 1.06. The molecule has 1 fully saturated rings. The van der Waals surface area contributed by atoms with E-state index >= 15 is 0 Å². The molecule has 1 aliphatic rings. The standard InChI is InChI=1S/C18H24N4O2.ClH/c1-13(2)23-15-7-4-14(5-8-15)6-9-17-20-18(21-24-17)16-12-19-10-11-22(16)3;/h4-9,13,16,19H,10-12H2,1-3H3;1H/b9-6+;. The second-order valence-corrected chi connectivity index (χ2v) is 6.26. The molecule has 1 unspecified atom stereocenters. The number of benzene rings is 1. The first-order valence-corrected chi connectivity index (χ1v) is 8.31. The van der Waals surface area contributed by atoms with Crippen LogP contribution in [0.2, 0.25) is 0 Å². The molecule has 1 saturated heterocycles. The Bertz CT molecular complexity index is 685. The molecule has 25 heavy (non-hydrogen) atoms. The topological polar surface area (TPSA) is 63.4 Å². The van der Waals surface area contributed by atoms with Gasteiger partial charge in [0, 0.05) is 25.7 Å². The van der Waals surface area contributed by atoms with E-state index in [0.29, 0.717) is 5.89 Å². The summed E-state index contributed by atoms with van der Waals surface area (Å²) in [6.07, 6.45) is 3.97. The summed E-state index contributed by atoms with van der Waals surface area (Å²) in [5.74, 6) is 2.12. The first-order chi connectivity index (χ1) is 11.6. The van der Waals surface area contributed by atoms with Gasteiger partial charge in [0.1, 0.15) is 5.75 Å². The van der Waals surface area contributed by atoms with Crippen LogP contribution in [0.3, 0.4) is 0 Å². The van der Waals surface area contributed by atoms with E-state index in [1.165, 1.54) is 0 Å². The average Bonchev–Trinajstić information content (AvgIpc) is 3.03. The van der Waals surface area contributed by atoms with Crippen LogP contribution >= 0.6 is 12.4 Å². The Morgan fingerprint density at radius 2 is 2.04 bits per heavy atom. The molecule has 1 aromatic heterocycles. The average molecular weight is 365 g/mol. The fraction of sp³-hybridized carbons (Fsp3) is 0.444. The number of likely N-dealkylation sites (N-methyl/N-ethyl adjacent to an activating group) is 1. The van der Waals surface area contributed by atoms with Crippen molar-refractivity contribution in [2.24, 2.45) is 0 Å². The number of piperazine rings is 1. The van der Waals surface area contributed by atoms with Gasteiger partial charge in [0.15, 0.2) is 5.82 Å². The lowest BCUT2D eigenvalue weighted by Crippen LogP contribution is -2.44. The van der Waals surface area contributed by atoms with Gasteiger partial charge in [-0.25, -0.2) is 0 Å². The lowest BCUT2D eigenvalue weighted by atomic mass is 10.2. The molecule has 2 heterocycles. The van der Waals surface area contributed by atoms with E-state index in [1.807, 2.05) is 50.3 Å². The van der Waals surface area contributed by atoms with Crippen LogP contribution in [0.25, 0.3) is 12.2 Å². The van der Waals surface area contributed by atoms with Crippen molar-refractivity contribution in [1.82, 2.24) is 20.4 Å². The highest BCUT2D eigenvalue weighted by Gasteiger charge is 2.24. The normalized spacial score (nSPS) is 18.5. The molecule has 6 nitrogen and oxygen atoms in total. The van der Waals surface area contributed by atoms with Crippen LogP contribution in [-0.2, 0) is 0 Å². The van der Waals surface area contributed by atoms with Crippen molar-refractivity contribution in [3.05, 3.63) is 41.5 Å². The summed E-state index contributed by atoms with van der Waals surface area (Å²) in [6, 6.07) is 8.09. The van der Waals surface area contributed by atoms with Gasteiger partial charge in [0.05, 0.1) is 12.1 Å². The van der Waals surface area contributed by atoms with Gasteiger partial charge in [0.25, 0.3) is 5.89 Å². The third-order valence-corrected chi connectivity index (χ3v) is 3.94. The molecule has 3 rings (SSSR count). The number of rotatable bonds is 5. The molecule has 0 spiro atoms. The zero-order valence-corrected chi connectivity index (χ0v) is 15.6. The number of hydrogen-bond acceptors (Lipinski definition) is 6. The summed E-state index contributed by atoms with van der Waals surface area (Å²) < 4.78 is 11.0. The van der Waals surface area contributed by atoms with E-state index in [4.69, 9.17) is 9.26 Å². The van der Waals surface area contributed by atoms with Crippen LogP contribution in [-0.4, -0.2) is 47.8 Å². The lowest BCUT2D eigenvalue weighted by molar-refractivity contribution is 0.190. The van der Waals surface area contributed by atoms with Crippen molar-refractivity contribution < 1.29 is 9.26 Å². The van der Waals surface area contributed by atoms with Crippen molar-refractivity contribution in [3.8, 4) is 5.75 Å². The molecule has 136 valence electrons. The fourth-order valence-electron chi connectivity index (χ4n) is 2.64. The van der Waals surface area contributed by atoms with E-state index in [9.17, 15) is 0 Å². The van der Waals surface area contributed by atoms with Gasteiger partial charge in [-0.15, -0.1) is 12.4 Å². The smallest absolute Gasteiger partial charge is 0.250 e. The Hall–Kier alpha value is -1.89. The van der Waals surface area contributed by atoms with Crippen molar-refractivity contribution in [2.45, 2.75) is 26.0 Å². The van der Waals surface area contributed by atoms with Crippen molar-refractivity contribution >= 4 is 24.6 Å². The van der Waals surface area contributed by atoms with Gasteiger partial charge >= 0.3 is 0 Å². The quantitative estimate of drug-likeness (QED) is 0.879. The number of hydrogen-bond donors (Lipinski definition) is 1. The van der Waals surface area contributed by atoms with Gasteiger partial charge in [-0.3, -0.25) is 4.90 Å². The molecule has 1 aromatic carbocycles. The summed E-state index contributed by atoms with van der Waals surface area (Å²) in [5, 5.41) is 7.47. The number of halogens is 1. The van der Waals surface area contributed by atoms with Crippen LogP contribution in [0.5, 0.6) is 5.75 Å². The van der Waals surface area contributed by atoms with Gasteiger partial charge in [-0.1, -0.05) is 17.3 Å². The Balaban J connectivity index is 0.00000225. The second-order valence-electron chi connectivity index (χ2n) is 6.26. The second kappa shape index (κ2) is 8.99. The molecule has 1 N–H and O–H groups in total. The van der Waals surface area contributed by atoms with Crippen LogP contribution in [0.1, 0.15) is 37.2 Å². The van der Waals surface area contributed by atoms with E-state index < -0.39 is 0 Å². The van der Waals surface area contributed by atoms with E-state index in [2.05, 4.69) is 27.4 Å². The van der Waals surface area contributed by atoms with Gasteiger partial charge < -0.3 is 14.6 Å². The first-order valence-electron chi connectivity index (χ1n) is 8.31. The molecule has 1 aliphatic heterocycles. The molecule has 0 radical (unpaired) electrons. The van der Waals surface area contributed by atoms with Crippen molar-refractivity contribution in [2.75, 3.05) is 26.7 Å². The van der Waals surface area contributed by atoms with Crippen LogP contribution in [0.15, 0.2) is 28.8 Å². The van der Waals surface area contributed by atoms with Crippen LogP contribution < -0.4 is 10.1 Å². The maximum absolute atomic E-state index is 5.64. The molecular formula is C18H25ClN4O2. The van der Waals surface area contributed by atoms with E-state index in [-0.39, 0.29) is 24.6 Å².